The lowest BCUT2D eigenvalue weighted by molar-refractivity contribution is 0.574. The molecule has 1 aromatic carbocycles. The summed E-state index contributed by atoms with van der Waals surface area (Å²) in [6, 6.07) is 4.81. The molecule has 0 saturated heterocycles. The highest BCUT2D eigenvalue weighted by molar-refractivity contribution is 14.1. The van der Waals surface area contributed by atoms with Gasteiger partial charge in [-0.05, 0) is 35.9 Å². The fourth-order valence-corrected chi connectivity index (χ4v) is 2.11. The lowest BCUT2D eigenvalue weighted by Gasteiger charge is -2.06. The molecule has 0 fully saturated rings. The first-order valence-electron chi connectivity index (χ1n) is 5.44. The number of rotatable bonds is 7. The molecule has 0 heterocycles. The van der Waals surface area contributed by atoms with Crippen molar-refractivity contribution in [1.82, 2.24) is 5.32 Å². The second kappa shape index (κ2) is 8.25. The number of alkyl halides is 1. The van der Waals surface area contributed by atoms with Crippen molar-refractivity contribution in [1.29, 1.82) is 0 Å². The zero-order valence-corrected chi connectivity index (χ0v) is 12.0. The van der Waals surface area contributed by atoms with Gasteiger partial charge < -0.3 is 5.32 Å². The molecule has 16 heavy (non-hydrogen) atoms. The van der Waals surface area contributed by atoms with Crippen LogP contribution in [0.2, 0.25) is 5.02 Å². The number of nitrogens with one attached hydrogen (secondary N) is 1. The van der Waals surface area contributed by atoms with E-state index in [1.807, 2.05) is 0 Å². The molecule has 1 nitrogen and oxygen atoms in total. The Morgan fingerprint density at radius 3 is 2.75 bits per heavy atom. The molecular formula is C12H16ClFIN. The summed E-state index contributed by atoms with van der Waals surface area (Å²) in [5.74, 6) is -0.229. The molecular weight excluding hydrogens is 339 g/mol. The molecule has 0 saturated carbocycles. The van der Waals surface area contributed by atoms with E-state index in [4.69, 9.17) is 11.6 Å². The Kier molecular flexibility index (Phi) is 7.32. The second-order valence-electron chi connectivity index (χ2n) is 3.66. The van der Waals surface area contributed by atoms with E-state index in [2.05, 4.69) is 27.9 Å². The predicted octanol–water partition coefficient (Wildman–Crippen LogP) is 4.17. The number of unbranched alkanes of at least 4 members (excludes halogenated alkanes) is 2. The van der Waals surface area contributed by atoms with Crippen molar-refractivity contribution in [3.63, 3.8) is 0 Å². The summed E-state index contributed by atoms with van der Waals surface area (Å²) in [6.07, 6.45) is 3.65. The maximum absolute atomic E-state index is 13.4. The largest absolute Gasteiger partial charge is 0.313 e. The topological polar surface area (TPSA) is 12.0 Å². The van der Waals surface area contributed by atoms with Crippen molar-refractivity contribution in [3.05, 3.63) is 34.6 Å². The van der Waals surface area contributed by atoms with Crippen molar-refractivity contribution in [2.45, 2.75) is 25.8 Å². The van der Waals surface area contributed by atoms with Crippen molar-refractivity contribution < 1.29 is 4.39 Å². The summed E-state index contributed by atoms with van der Waals surface area (Å²) < 4.78 is 14.6. The molecule has 90 valence electrons. The average molecular weight is 356 g/mol. The number of hydrogen-bond acceptors (Lipinski definition) is 1. The summed E-state index contributed by atoms with van der Waals surface area (Å²) in [6.45, 7) is 1.52. The van der Waals surface area contributed by atoms with E-state index < -0.39 is 0 Å². The highest BCUT2D eigenvalue weighted by atomic mass is 127. The van der Waals surface area contributed by atoms with Crippen LogP contribution in [-0.2, 0) is 6.54 Å². The standard InChI is InChI=1S/C12H16ClFIN/c13-11-5-4-10(12(14)8-11)9-16-7-3-1-2-6-15/h4-5,8,16H,1-3,6-7,9H2. The van der Waals surface area contributed by atoms with Gasteiger partial charge in [-0.3, -0.25) is 0 Å². The van der Waals surface area contributed by atoms with E-state index in [0.717, 1.165) is 13.0 Å². The Labute approximate surface area is 115 Å². The van der Waals surface area contributed by atoms with Gasteiger partial charge in [0, 0.05) is 17.1 Å². The summed E-state index contributed by atoms with van der Waals surface area (Å²) >= 11 is 8.06. The Bertz CT molecular complexity index is 320. The first kappa shape index (κ1) is 14.2. The third-order valence-electron chi connectivity index (χ3n) is 2.32. The van der Waals surface area contributed by atoms with Gasteiger partial charge in [0.25, 0.3) is 0 Å². The van der Waals surface area contributed by atoms with Gasteiger partial charge in [0.2, 0.25) is 0 Å². The first-order valence-corrected chi connectivity index (χ1v) is 7.35. The molecule has 1 rings (SSSR count). The Morgan fingerprint density at radius 2 is 2.06 bits per heavy atom. The molecule has 0 spiro atoms. The van der Waals surface area contributed by atoms with E-state index in [0.29, 0.717) is 17.1 Å². The third kappa shape index (κ3) is 5.46. The minimum Gasteiger partial charge on any atom is -0.313 e. The van der Waals surface area contributed by atoms with E-state index in [9.17, 15) is 4.39 Å². The molecule has 0 amide bonds. The fourth-order valence-electron chi connectivity index (χ4n) is 1.41. The molecule has 1 N–H and O–H groups in total. The summed E-state index contributed by atoms with van der Waals surface area (Å²) in [7, 11) is 0. The minimum atomic E-state index is -0.229. The maximum atomic E-state index is 13.4. The smallest absolute Gasteiger partial charge is 0.129 e. The number of benzene rings is 1. The predicted molar refractivity (Wildman–Crippen MR) is 75.9 cm³/mol. The molecule has 0 radical (unpaired) electrons. The molecule has 0 unspecified atom stereocenters. The zero-order valence-electron chi connectivity index (χ0n) is 9.11. The number of halogens is 3. The Hall–Kier alpha value is 0.130. The summed E-state index contributed by atoms with van der Waals surface area (Å²) in [5, 5.41) is 3.68. The highest BCUT2D eigenvalue weighted by Crippen LogP contribution is 2.14. The van der Waals surface area contributed by atoms with E-state index in [-0.39, 0.29) is 5.82 Å². The van der Waals surface area contributed by atoms with Crippen LogP contribution in [0.3, 0.4) is 0 Å². The fraction of sp³-hybridized carbons (Fsp3) is 0.500. The normalized spacial score (nSPS) is 10.7. The summed E-state index contributed by atoms with van der Waals surface area (Å²) in [4.78, 5) is 0. The average Bonchev–Trinajstić information content (AvgIpc) is 2.26. The van der Waals surface area contributed by atoms with Gasteiger partial charge in [0.15, 0.2) is 0 Å². The maximum Gasteiger partial charge on any atom is 0.129 e. The minimum absolute atomic E-state index is 0.229. The van der Waals surface area contributed by atoms with Crippen LogP contribution in [0.5, 0.6) is 0 Å². The van der Waals surface area contributed by atoms with Gasteiger partial charge in [0.1, 0.15) is 5.82 Å². The van der Waals surface area contributed by atoms with Crippen molar-refractivity contribution >= 4 is 34.2 Å². The number of hydrogen-bond donors (Lipinski definition) is 1. The third-order valence-corrected chi connectivity index (χ3v) is 3.32. The lowest BCUT2D eigenvalue weighted by Crippen LogP contribution is -2.15. The Balaban J connectivity index is 2.21. The van der Waals surface area contributed by atoms with Crippen molar-refractivity contribution in [3.8, 4) is 0 Å². The van der Waals surface area contributed by atoms with Gasteiger partial charge in [-0.25, -0.2) is 4.39 Å². The molecule has 1 aromatic rings. The van der Waals surface area contributed by atoms with Crippen molar-refractivity contribution in [2.75, 3.05) is 11.0 Å². The highest BCUT2D eigenvalue weighted by Gasteiger charge is 2.01. The lowest BCUT2D eigenvalue weighted by atomic mass is 10.2. The van der Waals surface area contributed by atoms with Crippen LogP contribution >= 0.6 is 34.2 Å². The van der Waals surface area contributed by atoms with Crippen LogP contribution < -0.4 is 5.32 Å². The van der Waals surface area contributed by atoms with E-state index >= 15 is 0 Å². The SMILES string of the molecule is Fc1cc(Cl)ccc1CNCCCCCI. The molecule has 0 atom stereocenters. The zero-order chi connectivity index (χ0) is 11.8. The van der Waals surface area contributed by atoms with Crippen LogP contribution in [0.15, 0.2) is 18.2 Å². The molecule has 0 aliphatic heterocycles. The van der Waals surface area contributed by atoms with Gasteiger partial charge in [0.05, 0.1) is 0 Å². The van der Waals surface area contributed by atoms with Gasteiger partial charge in [-0.1, -0.05) is 46.7 Å². The van der Waals surface area contributed by atoms with Gasteiger partial charge in [-0.15, -0.1) is 0 Å². The van der Waals surface area contributed by atoms with E-state index in [1.54, 1.807) is 12.1 Å². The van der Waals surface area contributed by atoms with Crippen LogP contribution in [0.25, 0.3) is 0 Å². The molecule has 0 aliphatic carbocycles. The van der Waals surface area contributed by atoms with Crippen LogP contribution in [0.4, 0.5) is 4.39 Å². The van der Waals surface area contributed by atoms with Crippen molar-refractivity contribution in [2.24, 2.45) is 0 Å². The Morgan fingerprint density at radius 1 is 1.25 bits per heavy atom. The summed E-state index contributed by atoms with van der Waals surface area (Å²) in [5.41, 5.74) is 0.679. The molecule has 4 heteroatoms. The molecule has 0 aliphatic rings. The van der Waals surface area contributed by atoms with Gasteiger partial charge >= 0.3 is 0 Å². The monoisotopic (exact) mass is 355 g/mol. The molecule has 0 aromatic heterocycles. The molecule has 0 bridgehead atoms. The van der Waals surface area contributed by atoms with Gasteiger partial charge in [-0.2, -0.15) is 0 Å². The first-order chi connectivity index (χ1) is 7.74. The van der Waals surface area contributed by atoms with Crippen LogP contribution in [-0.4, -0.2) is 11.0 Å². The van der Waals surface area contributed by atoms with Crippen LogP contribution in [0, 0.1) is 5.82 Å². The van der Waals surface area contributed by atoms with E-state index in [1.165, 1.54) is 23.3 Å². The quantitative estimate of drug-likeness (QED) is 0.440. The second-order valence-corrected chi connectivity index (χ2v) is 5.18. The van der Waals surface area contributed by atoms with Crippen LogP contribution in [0.1, 0.15) is 24.8 Å².